The van der Waals surface area contributed by atoms with Crippen molar-refractivity contribution in [1.82, 2.24) is 25.5 Å². The fraction of sp³-hybridized carbons (Fsp3) is 0.222. The largest absolute Gasteiger partial charge is 0.497 e. The van der Waals surface area contributed by atoms with Gasteiger partial charge in [-0.3, -0.25) is 4.79 Å². The third kappa shape index (κ3) is 4.07. The highest BCUT2D eigenvalue weighted by atomic mass is 35.5. The van der Waals surface area contributed by atoms with Crippen LogP contribution in [0.15, 0.2) is 48.8 Å². The van der Waals surface area contributed by atoms with Crippen molar-refractivity contribution in [3.05, 3.63) is 59.9 Å². The average molecular weight is 387 g/mol. The van der Waals surface area contributed by atoms with E-state index in [1.165, 1.54) is 22.1 Å². The Morgan fingerprint density at radius 3 is 2.81 bits per heavy atom. The quantitative estimate of drug-likeness (QED) is 0.709. The van der Waals surface area contributed by atoms with Gasteiger partial charge in [-0.1, -0.05) is 24.3 Å². The summed E-state index contributed by atoms with van der Waals surface area (Å²) in [7, 11) is 1.57. The van der Waals surface area contributed by atoms with Gasteiger partial charge < -0.3 is 15.4 Å². The lowest BCUT2D eigenvalue weighted by atomic mass is 9.95. The van der Waals surface area contributed by atoms with Crippen LogP contribution in [0.4, 0.5) is 5.69 Å². The van der Waals surface area contributed by atoms with Crippen molar-refractivity contribution in [2.75, 3.05) is 12.4 Å². The maximum absolute atomic E-state index is 12.7. The summed E-state index contributed by atoms with van der Waals surface area (Å²) in [6.07, 6.45) is 2.14. The first kappa shape index (κ1) is 18.8. The van der Waals surface area contributed by atoms with Crippen molar-refractivity contribution < 1.29 is 9.53 Å². The van der Waals surface area contributed by atoms with Gasteiger partial charge in [0.15, 0.2) is 0 Å². The van der Waals surface area contributed by atoms with Gasteiger partial charge in [-0.05, 0) is 34.0 Å². The van der Waals surface area contributed by atoms with Crippen LogP contribution in [-0.2, 0) is 17.8 Å². The van der Waals surface area contributed by atoms with E-state index >= 15 is 0 Å². The van der Waals surface area contributed by atoms with Crippen LogP contribution in [-0.4, -0.2) is 39.3 Å². The fourth-order valence-electron chi connectivity index (χ4n) is 3.05. The Morgan fingerprint density at radius 1 is 1.26 bits per heavy atom. The summed E-state index contributed by atoms with van der Waals surface area (Å²) < 4.78 is 6.83. The topological polar surface area (TPSA) is 94.0 Å². The zero-order valence-electron chi connectivity index (χ0n) is 14.6. The number of fused-ring (bicyclic) bond motifs is 1. The summed E-state index contributed by atoms with van der Waals surface area (Å²) in [5.74, 6) is 0.519. The smallest absolute Gasteiger partial charge is 0.241 e. The van der Waals surface area contributed by atoms with Crippen LogP contribution in [0.1, 0.15) is 11.1 Å². The second-order valence-corrected chi connectivity index (χ2v) is 6.07. The van der Waals surface area contributed by atoms with Crippen LogP contribution in [0.5, 0.6) is 5.75 Å². The Kier molecular flexibility index (Phi) is 5.68. The van der Waals surface area contributed by atoms with E-state index in [4.69, 9.17) is 4.74 Å². The second kappa shape index (κ2) is 8.15. The molecule has 140 valence electrons. The van der Waals surface area contributed by atoms with E-state index in [1.54, 1.807) is 25.3 Å². The summed E-state index contributed by atoms with van der Waals surface area (Å²) in [4.78, 5) is 12.7. The molecule has 27 heavy (non-hydrogen) atoms. The summed E-state index contributed by atoms with van der Waals surface area (Å²) >= 11 is 0. The van der Waals surface area contributed by atoms with Crippen molar-refractivity contribution in [3.63, 3.8) is 0 Å². The third-order valence-corrected chi connectivity index (χ3v) is 4.41. The Morgan fingerprint density at radius 2 is 2.07 bits per heavy atom. The van der Waals surface area contributed by atoms with Crippen molar-refractivity contribution in [3.8, 4) is 11.4 Å². The summed E-state index contributed by atoms with van der Waals surface area (Å²) in [6, 6.07) is 13.2. The Balaban J connectivity index is 0.00000210. The molecule has 4 rings (SSSR count). The Hall–Kier alpha value is -2.97. The highest BCUT2D eigenvalue weighted by molar-refractivity contribution is 5.95. The van der Waals surface area contributed by atoms with Gasteiger partial charge in [0, 0.05) is 24.4 Å². The molecule has 0 bridgehead atoms. The van der Waals surface area contributed by atoms with Crippen LogP contribution in [0.2, 0.25) is 0 Å². The van der Waals surface area contributed by atoms with Crippen LogP contribution in [0.25, 0.3) is 5.69 Å². The molecular weight excluding hydrogens is 368 g/mol. The lowest BCUT2D eigenvalue weighted by Crippen LogP contribution is -2.44. The zero-order valence-corrected chi connectivity index (χ0v) is 15.4. The number of ether oxygens (including phenoxy) is 1. The average Bonchev–Trinajstić information content (AvgIpc) is 3.22. The molecule has 8 nitrogen and oxygen atoms in total. The maximum atomic E-state index is 12.7. The number of nitrogens with one attached hydrogen (secondary N) is 2. The van der Waals surface area contributed by atoms with E-state index < -0.39 is 0 Å². The summed E-state index contributed by atoms with van der Waals surface area (Å²) in [6.45, 7) is 0.683. The Labute approximate surface area is 162 Å². The lowest BCUT2D eigenvalue weighted by molar-refractivity contribution is -0.118. The van der Waals surface area contributed by atoms with Crippen molar-refractivity contribution in [2.24, 2.45) is 0 Å². The highest BCUT2D eigenvalue weighted by Gasteiger charge is 2.24. The van der Waals surface area contributed by atoms with E-state index in [0.29, 0.717) is 30.1 Å². The maximum Gasteiger partial charge on any atom is 0.241 e. The molecule has 1 aliphatic heterocycles. The number of rotatable bonds is 4. The van der Waals surface area contributed by atoms with Gasteiger partial charge >= 0.3 is 0 Å². The predicted molar refractivity (Wildman–Crippen MR) is 102 cm³/mol. The number of carbonyl (C=O) groups excluding carboxylic acids is 1. The minimum atomic E-state index is -0.285. The van der Waals surface area contributed by atoms with Gasteiger partial charge in [-0.25, -0.2) is 4.68 Å². The molecule has 2 heterocycles. The molecule has 2 N–H and O–H groups in total. The standard InChI is InChI=1S/C18H18N6O2.ClH/c1-26-16-8-14(7-15(9-16)24-11-20-22-23-24)21-18(25)17-6-12-4-2-3-5-13(12)10-19-17;/h2-5,7-9,11,17,19H,6,10H2,1H3,(H,21,25);1H/t17-;/m1./s1. The molecular formula is C18H19ClN6O2. The minimum absolute atomic E-state index is 0. The first-order valence-corrected chi connectivity index (χ1v) is 8.26. The molecule has 1 aliphatic rings. The molecule has 0 spiro atoms. The van der Waals surface area contributed by atoms with Crippen LogP contribution in [0.3, 0.4) is 0 Å². The number of amides is 1. The van der Waals surface area contributed by atoms with Crippen LogP contribution < -0.4 is 15.4 Å². The van der Waals surface area contributed by atoms with Gasteiger partial charge in [-0.15, -0.1) is 17.5 Å². The molecule has 2 aromatic carbocycles. The van der Waals surface area contributed by atoms with E-state index in [1.807, 2.05) is 12.1 Å². The fourth-order valence-corrected chi connectivity index (χ4v) is 3.05. The number of halogens is 1. The number of aromatic nitrogens is 4. The lowest BCUT2D eigenvalue weighted by Gasteiger charge is -2.25. The molecule has 3 aromatic rings. The number of carbonyl (C=O) groups is 1. The number of hydrogen-bond acceptors (Lipinski definition) is 6. The van der Waals surface area contributed by atoms with E-state index in [0.717, 1.165) is 0 Å². The van der Waals surface area contributed by atoms with Gasteiger partial charge in [-0.2, -0.15) is 0 Å². The monoisotopic (exact) mass is 386 g/mol. The molecule has 1 aromatic heterocycles. The van der Waals surface area contributed by atoms with Gasteiger partial charge in [0.1, 0.15) is 12.1 Å². The van der Waals surface area contributed by atoms with Crippen LogP contribution >= 0.6 is 12.4 Å². The first-order chi connectivity index (χ1) is 12.7. The normalized spacial score (nSPS) is 15.4. The number of hydrogen-bond donors (Lipinski definition) is 2. The van der Waals surface area contributed by atoms with E-state index in [-0.39, 0.29) is 24.4 Å². The first-order valence-electron chi connectivity index (χ1n) is 8.26. The number of benzene rings is 2. The van der Waals surface area contributed by atoms with Gasteiger partial charge in [0.25, 0.3) is 0 Å². The summed E-state index contributed by atoms with van der Waals surface area (Å²) in [5.41, 5.74) is 3.76. The van der Waals surface area contributed by atoms with E-state index in [2.05, 4.69) is 38.3 Å². The molecule has 1 atom stereocenters. The molecule has 0 aliphatic carbocycles. The minimum Gasteiger partial charge on any atom is -0.497 e. The molecule has 0 saturated carbocycles. The SMILES string of the molecule is COc1cc(NC(=O)[C@H]2Cc3ccccc3CN2)cc(-n2cnnn2)c1.Cl. The second-order valence-electron chi connectivity index (χ2n) is 6.07. The molecule has 0 radical (unpaired) electrons. The van der Waals surface area contributed by atoms with Crippen molar-refractivity contribution in [2.45, 2.75) is 19.0 Å². The summed E-state index contributed by atoms with van der Waals surface area (Å²) in [5, 5.41) is 17.4. The number of anilines is 1. The number of methoxy groups -OCH3 is 1. The van der Waals surface area contributed by atoms with Crippen molar-refractivity contribution >= 4 is 24.0 Å². The molecule has 0 saturated heterocycles. The molecule has 1 amide bonds. The zero-order chi connectivity index (χ0) is 17.9. The van der Waals surface area contributed by atoms with E-state index in [9.17, 15) is 4.79 Å². The molecule has 9 heteroatoms. The molecule has 0 fully saturated rings. The molecule has 0 unspecified atom stereocenters. The Bertz CT molecular complexity index is 931. The third-order valence-electron chi connectivity index (χ3n) is 4.41. The predicted octanol–water partition coefficient (Wildman–Crippen LogP) is 1.75. The highest BCUT2D eigenvalue weighted by Crippen LogP contribution is 2.24. The van der Waals surface area contributed by atoms with Crippen molar-refractivity contribution in [1.29, 1.82) is 0 Å². The van der Waals surface area contributed by atoms with Gasteiger partial charge in [0.2, 0.25) is 5.91 Å². The number of nitrogens with zero attached hydrogens (tertiary/aromatic N) is 4. The number of tetrazole rings is 1. The van der Waals surface area contributed by atoms with Crippen LogP contribution in [0, 0.1) is 0 Å². The van der Waals surface area contributed by atoms with Gasteiger partial charge in [0.05, 0.1) is 18.8 Å².